The first-order chi connectivity index (χ1) is 13.1. The Morgan fingerprint density at radius 3 is 2.74 bits per heavy atom. The molecule has 0 N–H and O–H groups in total. The number of nitrogens with zero attached hydrogens (tertiary/aromatic N) is 3. The standard InChI is InChI=1S/C20H19N3O4/c1-13-18(22-17-7-3-2-6-16(17)21-13)12-27-20(25)14-9-19(24)23(10-14)11-15-5-4-8-26-15/h2-8,14H,9-12H2,1H3/t14-/m1/s1. The SMILES string of the molecule is Cc1nc2ccccc2nc1COC(=O)[C@@H]1CC(=O)N(Cc2ccco2)C1. The van der Waals surface area contributed by atoms with Crippen LogP contribution in [0.25, 0.3) is 11.0 Å². The number of rotatable bonds is 5. The number of para-hydroxylation sites is 2. The summed E-state index contributed by atoms with van der Waals surface area (Å²) < 4.78 is 10.7. The average Bonchev–Trinajstić information content (AvgIpc) is 3.30. The quantitative estimate of drug-likeness (QED) is 0.646. The van der Waals surface area contributed by atoms with Crippen molar-refractivity contribution in [3.63, 3.8) is 0 Å². The fraction of sp³-hybridized carbons (Fsp3) is 0.300. The van der Waals surface area contributed by atoms with Crippen LogP contribution in [0.5, 0.6) is 0 Å². The van der Waals surface area contributed by atoms with E-state index in [4.69, 9.17) is 9.15 Å². The van der Waals surface area contributed by atoms with Crippen LogP contribution in [0.2, 0.25) is 0 Å². The van der Waals surface area contributed by atoms with Gasteiger partial charge in [0.1, 0.15) is 12.4 Å². The molecule has 0 bridgehead atoms. The Kier molecular flexibility index (Phi) is 4.58. The van der Waals surface area contributed by atoms with Gasteiger partial charge in [-0.05, 0) is 31.2 Å². The van der Waals surface area contributed by atoms with Crippen molar-refractivity contribution in [1.82, 2.24) is 14.9 Å². The van der Waals surface area contributed by atoms with E-state index in [-0.39, 0.29) is 24.9 Å². The van der Waals surface area contributed by atoms with Crippen molar-refractivity contribution in [2.75, 3.05) is 6.54 Å². The van der Waals surface area contributed by atoms with Gasteiger partial charge < -0.3 is 14.1 Å². The van der Waals surface area contributed by atoms with Gasteiger partial charge in [-0.15, -0.1) is 0 Å². The molecule has 138 valence electrons. The summed E-state index contributed by atoms with van der Waals surface area (Å²) in [6.45, 7) is 2.59. The summed E-state index contributed by atoms with van der Waals surface area (Å²) in [7, 11) is 0. The average molecular weight is 365 g/mol. The lowest BCUT2D eigenvalue weighted by Gasteiger charge is -2.15. The second kappa shape index (κ2) is 7.19. The number of likely N-dealkylation sites (tertiary alicyclic amines) is 1. The molecule has 0 aliphatic carbocycles. The Morgan fingerprint density at radius 1 is 1.22 bits per heavy atom. The first-order valence-corrected chi connectivity index (χ1v) is 8.79. The van der Waals surface area contributed by atoms with Gasteiger partial charge in [-0.2, -0.15) is 0 Å². The van der Waals surface area contributed by atoms with Crippen LogP contribution in [-0.4, -0.2) is 33.3 Å². The number of aryl methyl sites for hydroxylation is 1. The van der Waals surface area contributed by atoms with Crippen molar-refractivity contribution in [3.05, 3.63) is 59.8 Å². The molecule has 3 heterocycles. The summed E-state index contributed by atoms with van der Waals surface area (Å²) in [5.74, 6) is -0.240. The fourth-order valence-corrected chi connectivity index (χ4v) is 3.19. The maximum atomic E-state index is 12.4. The zero-order valence-electron chi connectivity index (χ0n) is 14.9. The van der Waals surface area contributed by atoms with E-state index in [0.29, 0.717) is 24.5 Å². The van der Waals surface area contributed by atoms with Crippen LogP contribution in [-0.2, 0) is 27.5 Å². The second-order valence-electron chi connectivity index (χ2n) is 6.61. The molecule has 1 aliphatic heterocycles. The first kappa shape index (κ1) is 17.2. The third kappa shape index (κ3) is 3.67. The molecule has 3 aromatic rings. The van der Waals surface area contributed by atoms with Crippen LogP contribution in [0, 0.1) is 12.8 Å². The lowest BCUT2D eigenvalue weighted by atomic mass is 10.1. The molecule has 4 rings (SSSR count). The number of hydrogen-bond donors (Lipinski definition) is 0. The van der Waals surface area contributed by atoms with Crippen molar-refractivity contribution < 1.29 is 18.7 Å². The molecule has 7 nitrogen and oxygen atoms in total. The van der Waals surface area contributed by atoms with Crippen LogP contribution >= 0.6 is 0 Å². The maximum Gasteiger partial charge on any atom is 0.311 e. The highest BCUT2D eigenvalue weighted by molar-refractivity contribution is 5.86. The van der Waals surface area contributed by atoms with Crippen LogP contribution in [0.4, 0.5) is 0 Å². The van der Waals surface area contributed by atoms with E-state index >= 15 is 0 Å². The monoisotopic (exact) mass is 365 g/mol. The number of carbonyl (C=O) groups excluding carboxylic acids is 2. The molecule has 0 saturated carbocycles. The topological polar surface area (TPSA) is 85.5 Å². The molecule has 0 unspecified atom stereocenters. The van der Waals surface area contributed by atoms with Crippen molar-refractivity contribution in [2.24, 2.45) is 5.92 Å². The number of aromatic nitrogens is 2. The highest BCUT2D eigenvalue weighted by atomic mass is 16.5. The Bertz CT molecular complexity index is 984. The normalized spacial score (nSPS) is 16.9. The molecule has 1 aromatic carbocycles. The smallest absolute Gasteiger partial charge is 0.311 e. The first-order valence-electron chi connectivity index (χ1n) is 8.79. The van der Waals surface area contributed by atoms with E-state index in [2.05, 4.69) is 9.97 Å². The highest BCUT2D eigenvalue weighted by Crippen LogP contribution is 2.22. The van der Waals surface area contributed by atoms with E-state index in [9.17, 15) is 9.59 Å². The van der Waals surface area contributed by atoms with E-state index in [1.165, 1.54) is 0 Å². The molecule has 0 radical (unpaired) electrons. The molecule has 1 saturated heterocycles. The van der Waals surface area contributed by atoms with Gasteiger partial charge in [-0.1, -0.05) is 12.1 Å². The highest BCUT2D eigenvalue weighted by Gasteiger charge is 2.35. The number of carbonyl (C=O) groups is 2. The van der Waals surface area contributed by atoms with Gasteiger partial charge in [0.2, 0.25) is 5.91 Å². The van der Waals surface area contributed by atoms with Crippen molar-refractivity contribution in [2.45, 2.75) is 26.5 Å². The number of furan rings is 1. The zero-order valence-corrected chi connectivity index (χ0v) is 14.9. The van der Waals surface area contributed by atoms with E-state index in [0.717, 1.165) is 16.7 Å². The van der Waals surface area contributed by atoms with Gasteiger partial charge in [-0.3, -0.25) is 9.59 Å². The molecule has 1 fully saturated rings. The van der Waals surface area contributed by atoms with Crippen LogP contribution < -0.4 is 0 Å². The number of hydrogen-bond acceptors (Lipinski definition) is 6. The Balaban J connectivity index is 1.38. The molecule has 7 heteroatoms. The number of esters is 1. The lowest BCUT2D eigenvalue weighted by Crippen LogP contribution is -2.26. The summed E-state index contributed by atoms with van der Waals surface area (Å²) in [6, 6.07) is 11.1. The molecular weight excluding hydrogens is 346 g/mol. The van der Waals surface area contributed by atoms with Crippen molar-refractivity contribution >= 4 is 22.9 Å². The number of ether oxygens (including phenoxy) is 1. The minimum Gasteiger partial charge on any atom is -0.467 e. The Labute approximate surface area is 156 Å². The summed E-state index contributed by atoms with van der Waals surface area (Å²) >= 11 is 0. The summed E-state index contributed by atoms with van der Waals surface area (Å²) in [4.78, 5) is 35.2. The number of benzene rings is 1. The third-order valence-electron chi connectivity index (χ3n) is 4.67. The zero-order chi connectivity index (χ0) is 18.8. The summed E-state index contributed by atoms with van der Waals surface area (Å²) in [5, 5.41) is 0. The van der Waals surface area contributed by atoms with Gasteiger partial charge in [0, 0.05) is 13.0 Å². The summed E-state index contributed by atoms with van der Waals surface area (Å²) in [5.41, 5.74) is 2.91. The van der Waals surface area contributed by atoms with Gasteiger partial charge >= 0.3 is 5.97 Å². The predicted molar refractivity (Wildman–Crippen MR) is 96.3 cm³/mol. The van der Waals surface area contributed by atoms with Crippen molar-refractivity contribution in [3.8, 4) is 0 Å². The minimum atomic E-state index is -0.471. The lowest BCUT2D eigenvalue weighted by molar-refractivity contribution is -0.149. The van der Waals surface area contributed by atoms with Gasteiger partial charge in [0.25, 0.3) is 0 Å². The number of amides is 1. The van der Waals surface area contributed by atoms with E-state index in [1.54, 1.807) is 23.3 Å². The molecule has 1 atom stereocenters. The van der Waals surface area contributed by atoms with Gasteiger partial charge in [0.15, 0.2) is 0 Å². The number of fused-ring (bicyclic) bond motifs is 1. The fourth-order valence-electron chi connectivity index (χ4n) is 3.19. The van der Waals surface area contributed by atoms with E-state index in [1.807, 2.05) is 31.2 Å². The van der Waals surface area contributed by atoms with Gasteiger partial charge in [0.05, 0.1) is 41.1 Å². The minimum absolute atomic E-state index is 0.0470. The Morgan fingerprint density at radius 2 is 2.00 bits per heavy atom. The van der Waals surface area contributed by atoms with Crippen LogP contribution in [0.15, 0.2) is 47.1 Å². The molecule has 27 heavy (non-hydrogen) atoms. The molecule has 1 aliphatic rings. The molecule has 1 amide bonds. The molecular formula is C20H19N3O4. The van der Waals surface area contributed by atoms with Gasteiger partial charge in [-0.25, -0.2) is 9.97 Å². The van der Waals surface area contributed by atoms with E-state index < -0.39 is 5.92 Å². The van der Waals surface area contributed by atoms with Crippen LogP contribution in [0.3, 0.4) is 0 Å². The predicted octanol–water partition coefficient (Wildman–Crippen LogP) is 2.62. The second-order valence-corrected chi connectivity index (χ2v) is 6.61. The Hall–Kier alpha value is -3.22. The molecule has 2 aromatic heterocycles. The molecule has 0 spiro atoms. The maximum absolute atomic E-state index is 12.4. The third-order valence-corrected chi connectivity index (χ3v) is 4.67. The van der Waals surface area contributed by atoms with Crippen LogP contribution in [0.1, 0.15) is 23.6 Å². The summed E-state index contributed by atoms with van der Waals surface area (Å²) in [6.07, 6.45) is 1.72. The van der Waals surface area contributed by atoms with Crippen molar-refractivity contribution in [1.29, 1.82) is 0 Å². The largest absolute Gasteiger partial charge is 0.467 e.